The summed E-state index contributed by atoms with van der Waals surface area (Å²) in [5.74, 6) is -1.02. The number of aliphatic carboxylic acids is 1. The summed E-state index contributed by atoms with van der Waals surface area (Å²) in [4.78, 5) is 24.7. The molecule has 0 aromatic rings. The van der Waals surface area contributed by atoms with E-state index in [2.05, 4.69) is 5.32 Å². The monoisotopic (exact) mass is 274 g/mol. The zero-order chi connectivity index (χ0) is 15.1. The van der Waals surface area contributed by atoms with E-state index in [0.29, 0.717) is 19.4 Å². The van der Waals surface area contributed by atoms with Gasteiger partial charge in [0, 0.05) is 26.3 Å². The van der Waals surface area contributed by atoms with E-state index < -0.39 is 12.0 Å². The maximum Gasteiger partial charge on any atom is 0.326 e. The van der Waals surface area contributed by atoms with E-state index in [1.54, 1.807) is 19.1 Å². The first-order valence-corrected chi connectivity index (χ1v) is 6.52. The Kier molecular flexibility index (Phi) is 7.44. The minimum Gasteiger partial charge on any atom is -0.480 e. The number of nitrogens with one attached hydrogen (secondary N) is 1. The minimum absolute atomic E-state index is 0.306. The first-order chi connectivity index (χ1) is 8.76. The third-order valence-electron chi connectivity index (χ3n) is 3.51. The average molecular weight is 274 g/mol. The van der Waals surface area contributed by atoms with Crippen molar-refractivity contribution >= 4 is 12.0 Å². The van der Waals surface area contributed by atoms with Crippen molar-refractivity contribution in [3.63, 3.8) is 0 Å². The molecule has 0 aliphatic carbocycles. The lowest BCUT2D eigenvalue weighted by atomic mass is 10.0. The van der Waals surface area contributed by atoms with Crippen molar-refractivity contribution in [3.8, 4) is 0 Å². The second kappa shape index (κ2) is 7.99. The van der Waals surface area contributed by atoms with Crippen molar-refractivity contribution in [2.45, 2.75) is 51.6 Å². The molecule has 0 fully saturated rings. The van der Waals surface area contributed by atoms with E-state index in [1.807, 2.05) is 20.8 Å². The lowest BCUT2D eigenvalue weighted by Crippen LogP contribution is -2.53. The summed E-state index contributed by atoms with van der Waals surface area (Å²) in [5.41, 5.74) is -0.306. The molecule has 0 heterocycles. The van der Waals surface area contributed by atoms with Crippen molar-refractivity contribution in [1.29, 1.82) is 0 Å². The van der Waals surface area contributed by atoms with Gasteiger partial charge in [-0.1, -0.05) is 6.92 Å². The standard InChI is InChI=1S/C13H26N2O4/c1-6-13(2,3)15(4)12(18)14-10(11(16)17)8-7-9-19-5/h10H,6-9H2,1-5H3,(H,14,18)(H,16,17). The number of carbonyl (C=O) groups is 2. The first kappa shape index (κ1) is 17.7. The Labute approximate surface area is 115 Å². The van der Waals surface area contributed by atoms with E-state index in [1.165, 1.54) is 0 Å². The fraction of sp³-hybridized carbons (Fsp3) is 0.846. The van der Waals surface area contributed by atoms with Crippen LogP contribution in [-0.2, 0) is 9.53 Å². The summed E-state index contributed by atoms with van der Waals surface area (Å²) in [5, 5.41) is 11.6. The summed E-state index contributed by atoms with van der Waals surface area (Å²) in [6.45, 7) is 6.34. The molecule has 0 bridgehead atoms. The molecule has 1 atom stereocenters. The van der Waals surface area contributed by atoms with Crippen LogP contribution in [0.3, 0.4) is 0 Å². The van der Waals surface area contributed by atoms with Gasteiger partial charge in [-0.3, -0.25) is 0 Å². The van der Waals surface area contributed by atoms with E-state index >= 15 is 0 Å². The van der Waals surface area contributed by atoms with Crippen LogP contribution < -0.4 is 5.32 Å². The number of amides is 2. The lowest BCUT2D eigenvalue weighted by molar-refractivity contribution is -0.139. The molecule has 0 aromatic carbocycles. The molecule has 2 N–H and O–H groups in total. The summed E-state index contributed by atoms with van der Waals surface area (Å²) in [6.07, 6.45) is 1.74. The highest BCUT2D eigenvalue weighted by atomic mass is 16.5. The number of urea groups is 1. The predicted molar refractivity (Wildman–Crippen MR) is 73.2 cm³/mol. The first-order valence-electron chi connectivity index (χ1n) is 6.52. The lowest BCUT2D eigenvalue weighted by Gasteiger charge is -2.35. The molecule has 0 aromatic heterocycles. The van der Waals surface area contributed by atoms with E-state index in [0.717, 1.165) is 6.42 Å². The van der Waals surface area contributed by atoms with Gasteiger partial charge in [0.2, 0.25) is 0 Å². The van der Waals surface area contributed by atoms with Gasteiger partial charge >= 0.3 is 12.0 Å². The van der Waals surface area contributed by atoms with Gasteiger partial charge in [0.05, 0.1) is 0 Å². The van der Waals surface area contributed by atoms with Gasteiger partial charge in [-0.15, -0.1) is 0 Å². The fourth-order valence-electron chi connectivity index (χ4n) is 1.45. The zero-order valence-corrected chi connectivity index (χ0v) is 12.5. The quantitative estimate of drug-likeness (QED) is 0.660. The number of rotatable bonds is 8. The Morgan fingerprint density at radius 1 is 1.42 bits per heavy atom. The summed E-state index contributed by atoms with van der Waals surface area (Å²) in [7, 11) is 3.23. The van der Waals surface area contributed by atoms with Crippen LogP contribution in [0.25, 0.3) is 0 Å². The number of ether oxygens (including phenoxy) is 1. The second-order valence-corrected chi connectivity index (χ2v) is 5.20. The van der Waals surface area contributed by atoms with Gasteiger partial charge in [0.25, 0.3) is 0 Å². The van der Waals surface area contributed by atoms with Crippen LogP contribution in [0.4, 0.5) is 4.79 Å². The van der Waals surface area contributed by atoms with Crippen LogP contribution in [0.1, 0.15) is 40.0 Å². The Balaban J connectivity index is 4.50. The minimum atomic E-state index is -1.02. The SMILES string of the molecule is CCC(C)(C)N(C)C(=O)NC(CCCOC)C(=O)O. The molecule has 6 nitrogen and oxygen atoms in total. The van der Waals surface area contributed by atoms with Crippen LogP contribution in [0, 0.1) is 0 Å². The molecule has 19 heavy (non-hydrogen) atoms. The smallest absolute Gasteiger partial charge is 0.326 e. The number of hydrogen-bond acceptors (Lipinski definition) is 3. The van der Waals surface area contributed by atoms with Gasteiger partial charge in [-0.25, -0.2) is 9.59 Å². The molecule has 0 saturated carbocycles. The molecular weight excluding hydrogens is 248 g/mol. The van der Waals surface area contributed by atoms with Crippen LogP contribution in [0.5, 0.6) is 0 Å². The van der Waals surface area contributed by atoms with E-state index in [-0.39, 0.29) is 11.6 Å². The van der Waals surface area contributed by atoms with Gasteiger partial charge < -0.3 is 20.1 Å². The van der Waals surface area contributed by atoms with Crippen LogP contribution in [0.2, 0.25) is 0 Å². The third kappa shape index (κ3) is 5.92. The van der Waals surface area contributed by atoms with Crippen LogP contribution in [0.15, 0.2) is 0 Å². The number of nitrogens with zero attached hydrogens (tertiary/aromatic N) is 1. The molecule has 1 unspecified atom stereocenters. The van der Waals surface area contributed by atoms with Gasteiger partial charge in [-0.2, -0.15) is 0 Å². The topological polar surface area (TPSA) is 78.9 Å². The Morgan fingerprint density at radius 3 is 2.42 bits per heavy atom. The van der Waals surface area contributed by atoms with E-state index in [4.69, 9.17) is 9.84 Å². The molecular formula is C13H26N2O4. The van der Waals surface area contributed by atoms with Crippen molar-refractivity contribution < 1.29 is 19.4 Å². The maximum atomic E-state index is 12.0. The largest absolute Gasteiger partial charge is 0.480 e. The molecule has 0 saturated heterocycles. The number of carbonyl (C=O) groups excluding carboxylic acids is 1. The molecule has 0 radical (unpaired) electrons. The number of carboxylic acids is 1. The molecule has 6 heteroatoms. The van der Waals surface area contributed by atoms with Gasteiger partial charge in [0.15, 0.2) is 0 Å². The molecule has 2 amide bonds. The van der Waals surface area contributed by atoms with Crippen molar-refractivity contribution in [3.05, 3.63) is 0 Å². The van der Waals surface area contributed by atoms with E-state index in [9.17, 15) is 9.59 Å². The molecule has 0 aliphatic rings. The number of methoxy groups -OCH3 is 1. The molecule has 0 spiro atoms. The van der Waals surface area contributed by atoms with Crippen LogP contribution in [-0.4, -0.2) is 54.4 Å². The fourth-order valence-corrected chi connectivity index (χ4v) is 1.45. The van der Waals surface area contributed by atoms with Gasteiger partial charge in [-0.05, 0) is 33.1 Å². The number of hydrogen-bond donors (Lipinski definition) is 2. The Hall–Kier alpha value is -1.30. The predicted octanol–water partition coefficient (Wildman–Crippen LogP) is 1.70. The van der Waals surface area contributed by atoms with Gasteiger partial charge in [0.1, 0.15) is 6.04 Å². The highest BCUT2D eigenvalue weighted by molar-refractivity contribution is 5.82. The Morgan fingerprint density at radius 2 is 2.00 bits per heavy atom. The summed E-state index contributed by atoms with van der Waals surface area (Å²) in [6, 6.07) is -1.24. The normalized spacial score (nSPS) is 12.9. The third-order valence-corrected chi connectivity index (χ3v) is 3.51. The summed E-state index contributed by atoms with van der Waals surface area (Å²) < 4.78 is 4.88. The highest BCUT2D eigenvalue weighted by Gasteiger charge is 2.28. The molecule has 0 rings (SSSR count). The molecule has 112 valence electrons. The summed E-state index contributed by atoms with van der Waals surface area (Å²) >= 11 is 0. The molecule has 0 aliphatic heterocycles. The van der Waals surface area contributed by atoms with Crippen LogP contribution >= 0.6 is 0 Å². The highest BCUT2D eigenvalue weighted by Crippen LogP contribution is 2.16. The van der Waals surface area contributed by atoms with Crippen molar-refractivity contribution in [1.82, 2.24) is 10.2 Å². The maximum absolute atomic E-state index is 12.0. The average Bonchev–Trinajstić information content (AvgIpc) is 2.36. The number of carboxylic acid groups (broad SMARTS) is 1. The zero-order valence-electron chi connectivity index (χ0n) is 12.5. The van der Waals surface area contributed by atoms with Crippen molar-refractivity contribution in [2.24, 2.45) is 0 Å². The Bertz CT molecular complexity index is 305. The second-order valence-electron chi connectivity index (χ2n) is 5.20. The van der Waals surface area contributed by atoms with Crippen molar-refractivity contribution in [2.75, 3.05) is 20.8 Å².